The summed E-state index contributed by atoms with van der Waals surface area (Å²) in [5.41, 5.74) is 0. The van der Waals surface area contributed by atoms with Gasteiger partial charge in [0.15, 0.2) is 0 Å². The summed E-state index contributed by atoms with van der Waals surface area (Å²) in [7, 11) is 0.166. The van der Waals surface area contributed by atoms with Crippen molar-refractivity contribution in [3.63, 3.8) is 0 Å². The molecule has 0 unspecified atom stereocenters. The first-order chi connectivity index (χ1) is 6.97. The van der Waals surface area contributed by atoms with Gasteiger partial charge in [-0.15, -0.1) is 0 Å². The van der Waals surface area contributed by atoms with Crippen molar-refractivity contribution < 1.29 is 27.7 Å². The molecule has 0 heterocycles. The number of ether oxygens (including phenoxy) is 1. The molecule has 0 aliphatic carbocycles. The summed E-state index contributed by atoms with van der Waals surface area (Å²) in [6, 6.07) is 0. The summed E-state index contributed by atoms with van der Waals surface area (Å²) in [5.74, 6) is -0.143. The van der Waals surface area contributed by atoms with E-state index in [1.165, 1.54) is 34.3 Å². The lowest BCUT2D eigenvalue weighted by Crippen LogP contribution is -1.99. The van der Waals surface area contributed by atoms with Gasteiger partial charge in [-0.1, -0.05) is 0 Å². The van der Waals surface area contributed by atoms with Crippen LogP contribution < -0.4 is 0 Å². The first-order valence-corrected chi connectivity index (χ1v) is 5.58. The molecule has 0 atom stereocenters. The molecular weight excluding hydrogens is 223 g/mol. The second-order valence-corrected chi connectivity index (χ2v) is 4.31. The van der Waals surface area contributed by atoms with Gasteiger partial charge in [-0.25, -0.2) is 4.57 Å². The Morgan fingerprint density at radius 1 is 1.27 bits per heavy atom. The minimum atomic E-state index is -3.53. The highest BCUT2D eigenvalue weighted by Crippen LogP contribution is 2.49. The van der Waals surface area contributed by atoms with Gasteiger partial charge in [0, 0.05) is 14.2 Å². The van der Waals surface area contributed by atoms with E-state index in [9.17, 15) is 9.36 Å². The van der Waals surface area contributed by atoms with Crippen molar-refractivity contribution in [3.05, 3.63) is 11.8 Å². The van der Waals surface area contributed by atoms with E-state index >= 15 is 0 Å². The molecule has 0 rings (SSSR count). The zero-order valence-electron chi connectivity index (χ0n) is 9.18. The fraction of sp³-hybridized carbons (Fsp3) is 0.625. The SMILES string of the molecule is COC(=O)C/C=C(\C)OP(=O)(OC)OC. The quantitative estimate of drug-likeness (QED) is 0.399. The summed E-state index contributed by atoms with van der Waals surface area (Å²) >= 11 is 0. The molecule has 0 bridgehead atoms. The number of phosphoric ester groups is 1. The molecule has 0 aliphatic heterocycles. The standard InChI is InChI=1S/C8H15O6P/c1-7(5-6-8(9)11-2)14-15(10,12-3)13-4/h5H,6H2,1-4H3/b7-5+. The first kappa shape index (κ1) is 14.2. The predicted octanol–water partition coefficient (Wildman–Crippen LogP) is 1.87. The van der Waals surface area contributed by atoms with Crippen LogP contribution in [-0.2, 0) is 27.7 Å². The van der Waals surface area contributed by atoms with Crippen LogP contribution in [0.15, 0.2) is 11.8 Å². The van der Waals surface area contributed by atoms with Crippen molar-refractivity contribution >= 4 is 13.8 Å². The van der Waals surface area contributed by atoms with Gasteiger partial charge in [-0.2, -0.15) is 0 Å². The third-order valence-corrected chi connectivity index (χ3v) is 2.89. The molecule has 0 saturated carbocycles. The molecule has 7 heteroatoms. The summed E-state index contributed by atoms with van der Waals surface area (Å²) in [6.45, 7) is 1.54. The van der Waals surface area contributed by atoms with Crippen LogP contribution in [0.2, 0.25) is 0 Å². The number of carbonyl (C=O) groups is 1. The van der Waals surface area contributed by atoms with Crippen LogP contribution in [0.3, 0.4) is 0 Å². The van der Waals surface area contributed by atoms with Gasteiger partial charge < -0.3 is 9.26 Å². The lowest BCUT2D eigenvalue weighted by Gasteiger charge is -2.14. The van der Waals surface area contributed by atoms with Gasteiger partial charge >= 0.3 is 13.8 Å². The Morgan fingerprint density at radius 2 is 1.80 bits per heavy atom. The fourth-order valence-corrected chi connectivity index (χ4v) is 1.40. The van der Waals surface area contributed by atoms with Gasteiger partial charge in [-0.05, 0) is 13.0 Å². The van der Waals surface area contributed by atoms with Crippen LogP contribution >= 0.6 is 7.82 Å². The van der Waals surface area contributed by atoms with Gasteiger partial charge in [-0.3, -0.25) is 13.8 Å². The van der Waals surface area contributed by atoms with E-state index in [-0.39, 0.29) is 12.2 Å². The smallest absolute Gasteiger partial charge is 0.469 e. The highest BCUT2D eigenvalue weighted by atomic mass is 31.2. The molecule has 0 N–H and O–H groups in total. The van der Waals surface area contributed by atoms with Crippen molar-refractivity contribution in [1.82, 2.24) is 0 Å². The van der Waals surface area contributed by atoms with E-state index in [1.807, 2.05) is 0 Å². The Hall–Kier alpha value is -0.840. The molecule has 0 radical (unpaired) electrons. The zero-order chi connectivity index (χ0) is 11.9. The summed E-state index contributed by atoms with van der Waals surface area (Å²) in [4.78, 5) is 10.8. The molecule has 88 valence electrons. The second kappa shape index (κ2) is 6.61. The molecule has 0 fully saturated rings. The Balaban J connectivity index is 4.28. The van der Waals surface area contributed by atoms with Crippen molar-refractivity contribution in [2.45, 2.75) is 13.3 Å². The van der Waals surface area contributed by atoms with Crippen molar-refractivity contribution in [2.24, 2.45) is 0 Å². The van der Waals surface area contributed by atoms with Gasteiger partial charge in [0.2, 0.25) is 0 Å². The summed E-state index contributed by atoms with van der Waals surface area (Å²) in [6.07, 6.45) is 1.46. The molecule has 0 aromatic rings. The van der Waals surface area contributed by atoms with Crippen LogP contribution in [-0.4, -0.2) is 27.3 Å². The van der Waals surface area contributed by atoms with Gasteiger partial charge in [0.05, 0.1) is 13.5 Å². The molecule has 0 amide bonds. The van der Waals surface area contributed by atoms with Crippen molar-refractivity contribution in [2.75, 3.05) is 21.3 Å². The maximum atomic E-state index is 11.5. The molecule has 0 spiro atoms. The van der Waals surface area contributed by atoms with E-state index in [1.54, 1.807) is 0 Å². The average molecular weight is 238 g/mol. The molecule has 0 aromatic heterocycles. The summed E-state index contributed by atoms with van der Waals surface area (Å²) < 4.78 is 29.8. The third-order valence-electron chi connectivity index (χ3n) is 1.49. The van der Waals surface area contributed by atoms with E-state index in [0.717, 1.165) is 0 Å². The van der Waals surface area contributed by atoms with E-state index in [0.29, 0.717) is 0 Å². The number of rotatable bonds is 6. The van der Waals surface area contributed by atoms with Crippen LogP contribution in [0.25, 0.3) is 0 Å². The average Bonchev–Trinajstić information content (AvgIpc) is 2.25. The van der Waals surface area contributed by atoms with E-state index in [2.05, 4.69) is 13.8 Å². The predicted molar refractivity (Wildman–Crippen MR) is 53.1 cm³/mol. The number of hydrogen-bond donors (Lipinski definition) is 0. The largest absolute Gasteiger partial charge is 0.529 e. The Morgan fingerprint density at radius 3 is 2.20 bits per heavy atom. The molecule has 6 nitrogen and oxygen atoms in total. The van der Waals surface area contributed by atoms with E-state index < -0.39 is 13.8 Å². The number of phosphoric acid groups is 1. The van der Waals surface area contributed by atoms with Crippen LogP contribution in [0, 0.1) is 0 Å². The Labute approximate surface area is 88.8 Å². The molecule has 0 aliphatic rings. The highest BCUT2D eigenvalue weighted by molar-refractivity contribution is 7.48. The number of carbonyl (C=O) groups excluding carboxylic acids is 1. The Kier molecular flexibility index (Phi) is 6.24. The fourth-order valence-electron chi connectivity index (χ4n) is 0.673. The van der Waals surface area contributed by atoms with Crippen LogP contribution in [0.5, 0.6) is 0 Å². The topological polar surface area (TPSA) is 71.1 Å². The number of methoxy groups -OCH3 is 1. The van der Waals surface area contributed by atoms with Gasteiger partial charge in [0.25, 0.3) is 0 Å². The van der Waals surface area contributed by atoms with Crippen LogP contribution in [0.1, 0.15) is 13.3 Å². The maximum absolute atomic E-state index is 11.5. The minimum Gasteiger partial charge on any atom is -0.469 e. The van der Waals surface area contributed by atoms with Crippen molar-refractivity contribution in [1.29, 1.82) is 0 Å². The number of esters is 1. The lowest BCUT2D eigenvalue weighted by atomic mass is 10.4. The minimum absolute atomic E-state index is 0.0375. The Bertz CT molecular complexity index is 277. The maximum Gasteiger partial charge on any atom is 0.529 e. The zero-order valence-corrected chi connectivity index (χ0v) is 10.1. The molecule has 15 heavy (non-hydrogen) atoms. The third kappa shape index (κ3) is 5.57. The molecular formula is C8H15O6P. The van der Waals surface area contributed by atoms with E-state index in [4.69, 9.17) is 4.52 Å². The lowest BCUT2D eigenvalue weighted by molar-refractivity contribution is -0.139. The van der Waals surface area contributed by atoms with Gasteiger partial charge in [0.1, 0.15) is 5.76 Å². The first-order valence-electron chi connectivity index (χ1n) is 4.12. The normalized spacial score (nSPS) is 12.4. The molecule has 0 aromatic carbocycles. The van der Waals surface area contributed by atoms with Crippen molar-refractivity contribution in [3.8, 4) is 0 Å². The monoisotopic (exact) mass is 238 g/mol. The molecule has 0 saturated heterocycles. The second-order valence-electron chi connectivity index (χ2n) is 2.50. The highest BCUT2D eigenvalue weighted by Gasteiger charge is 2.24. The number of hydrogen-bond acceptors (Lipinski definition) is 6. The summed E-state index contributed by atoms with van der Waals surface area (Å²) in [5, 5.41) is 0. The number of allylic oxidation sites excluding steroid dienone is 1. The van der Waals surface area contributed by atoms with Crippen LogP contribution in [0.4, 0.5) is 0 Å².